The van der Waals surface area contributed by atoms with E-state index in [4.69, 9.17) is 0 Å². The summed E-state index contributed by atoms with van der Waals surface area (Å²) in [5, 5.41) is 3.02. The minimum absolute atomic E-state index is 0.292. The summed E-state index contributed by atoms with van der Waals surface area (Å²) < 4.78 is 13.5. The van der Waals surface area contributed by atoms with Crippen LogP contribution in [0.3, 0.4) is 0 Å². The van der Waals surface area contributed by atoms with Crippen molar-refractivity contribution in [2.75, 3.05) is 7.05 Å². The second-order valence-corrected chi connectivity index (χ2v) is 4.39. The van der Waals surface area contributed by atoms with Gasteiger partial charge in [-0.15, -0.1) is 0 Å². The number of hydrogen-bond acceptors (Lipinski definition) is 3. The number of hydrogen-bond donors (Lipinski definition) is 1. The Kier molecular flexibility index (Phi) is 3.81. The van der Waals surface area contributed by atoms with Gasteiger partial charge < -0.3 is 5.32 Å². The molecule has 0 aliphatic heterocycles. The molecule has 0 aliphatic carbocycles. The van der Waals surface area contributed by atoms with Crippen molar-refractivity contribution < 1.29 is 4.39 Å². The number of nitrogens with zero attached hydrogens (tertiary/aromatic N) is 2. The molecule has 0 saturated carbocycles. The molecule has 3 nitrogen and oxygen atoms in total. The molecule has 0 fully saturated rings. The van der Waals surface area contributed by atoms with E-state index < -0.39 is 0 Å². The van der Waals surface area contributed by atoms with Gasteiger partial charge in [-0.3, -0.25) is 0 Å². The Morgan fingerprint density at radius 2 is 2.18 bits per heavy atom. The average molecular weight is 296 g/mol. The fourth-order valence-corrected chi connectivity index (χ4v) is 1.83. The van der Waals surface area contributed by atoms with Crippen molar-refractivity contribution in [1.82, 2.24) is 15.3 Å². The second-order valence-electron chi connectivity index (χ2n) is 3.53. The van der Waals surface area contributed by atoms with E-state index in [2.05, 4.69) is 31.2 Å². The third kappa shape index (κ3) is 2.87. The van der Waals surface area contributed by atoms with E-state index in [9.17, 15) is 4.39 Å². The van der Waals surface area contributed by atoms with Crippen molar-refractivity contribution in [1.29, 1.82) is 0 Å². The van der Waals surface area contributed by atoms with E-state index in [0.29, 0.717) is 16.8 Å². The van der Waals surface area contributed by atoms with Crippen molar-refractivity contribution in [3.05, 3.63) is 46.4 Å². The quantitative estimate of drug-likeness (QED) is 0.946. The van der Waals surface area contributed by atoms with Crippen LogP contribution in [0.5, 0.6) is 0 Å². The number of halogens is 2. The third-order valence-electron chi connectivity index (χ3n) is 2.25. The highest BCUT2D eigenvalue weighted by Gasteiger charge is 2.05. The van der Waals surface area contributed by atoms with Gasteiger partial charge >= 0.3 is 0 Å². The topological polar surface area (TPSA) is 37.8 Å². The summed E-state index contributed by atoms with van der Waals surface area (Å²) in [5.41, 5.74) is 1.69. The van der Waals surface area contributed by atoms with Gasteiger partial charge in [0.05, 0.1) is 10.2 Å². The average Bonchev–Trinajstić information content (AvgIpc) is 2.33. The highest BCUT2D eigenvalue weighted by molar-refractivity contribution is 9.10. The molecule has 2 aromatic rings. The SMILES string of the molecule is CNCc1ccnc(-c2ccc(F)c(Br)c2)n1. The highest BCUT2D eigenvalue weighted by atomic mass is 79.9. The Labute approximate surface area is 107 Å². The van der Waals surface area contributed by atoms with Gasteiger partial charge in [-0.05, 0) is 47.2 Å². The minimum Gasteiger partial charge on any atom is -0.314 e. The molecule has 0 amide bonds. The molecule has 1 N–H and O–H groups in total. The minimum atomic E-state index is -0.292. The summed E-state index contributed by atoms with van der Waals surface area (Å²) in [4.78, 5) is 8.57. The van der Waals surface area contributed by atoms with Crippen molar-refractivity contribution in [2.45, 2.75) is 6.54 Å². The number of benzene rings is 1. The van der Waals surface area contributed by atoms with Gasteiger partial charge in [-0.1, -0.05) is 0 Å². The van der Waals surface area contributed by atoms with E-state index >= 15 is 0 Å². The third-order valence-corrected chi connectivity index (χ3v) is 2.86. The molecule has 0 radical (unpaired) electrons. The lowest BCUT2D eigenvalue weighted by Crippen LogP contribution is -2.07. The summed E-state index contributed by atoms with van der Waals surface area (Å²) in [7, 11) is 1.86. The van der Waals surface area contributed by atoms with Crippen LogP contribution in [0.4, 0.5) is 4.39 Å². The van der Waals surface area contributed by atoms with Gasteiger partial charge in [0.25, 0.3) is 0 Å². The van der Waals surface area contributed by atoms with E-state index in [0.717, 1.165) is 11.3 Å². The molecule has 17 heavy (non-hydrogen) atoms. The van der Waals surface area contributed by atoms with Crippen LogP contribution in [0.1, 0.15) is 5.69 Å². The first-order chi connectivity index (χ1) is 8.20. The van der Waals surface area contributed by atoms with Crippen molar-refractivity contribution >= 4 is 15.9 Å². The number of rotatable bonds is 3. The lowest BCUT2D eigenvalue weighted by molar-refractivity contribution is 0.621. The summed E-state index contributed by atoms with van der Waals surface area (Å²) in [5.74, 6) is 0.304. The summed E-state index contributed by atoms with van der Waals surface area (Å²) >= 11 is 3.15. The smallest absolute Gasteiger partial charge is 0.159 e. The molecule has 2 rings (SSSR count). The van der Waals surface area contributed by atoms with Crippen LogP contribution in [0.25, 0.3) is 11.4 Å². The zero-order chi connectivity index (χ0) is 12.3. The first-order valence-corrected chi connectivity index (χ1v) is 5.92. The van der Waals surface area contributed by atoms with Crippen LogP contribution >= 0.6 is 15.9 Å². The molecule has 1 aromatic heterocycles. The van der Waals surface area contributed by atoms with E-state index in [1.807, 2.05) is 13.1 Å². The van der Waals surface area contributed by atoms with Gasteiger partial charge in [-0.2, -0.15) is 0 Å². The van der Waals surface area contributed by atoms with Gasteiger partial charge in [0, 0.05) is 18.3 Å². The monoisotopic (exact) mass is 295 g/mol. The lowest BCUT2D eigenvalue weighted by atomic mass is 10.2. The Bertz CT molecular complexity index is 531. The van der Waals surface area contributed by atoms with Gasteiger partial charge in [0.2, 0.25) is 0 Å². The first kappa shape index (κ1) is 12.1. The highest BCUT2D eigenvalue weighted by Crippen LogP contribution is 2.22. The van der Waals surface area contributed by atoms with Gasteiger partial charge in [-0.25, -0.2) is 14.4 Å². The molecule has 1 heterocycles. The van der Waals surface area contributed by atoms with Crippen molar-refractivity contribution in [2.24, 2.45) is 0 Å². The lowest BCUT2D eigenvalue weighted by Gasteiger charge is -2.04. The van der Waals surface area contributed by atoms with Gasteiger partial charge in [0.15, 0.2) is 5.82 Å². The largest absolute Gasteiger partial charge is 0.314 e. The normalized spacial score (nSPS) is 10.5. The van der Waals surface area contributed by atoms with E-state index in [1.165, 1.54) is 6.07 Å². The zero-order valence-corrected chi connectivity index (χ0v) is 10.8. The van der Waals surface area contributed by atoms with Crippen LogP contribution in [0.2, 0.25) is 0 Å². The van der Waals surface area contributed by atoms with Crippen molar-refractivity contribution in [3.63, 3.8) is 0 Å². The zero-order valence-electron chi connectivity index (χ0n) is 9.24. The Morgan fingerprint density at radius 1 is 1.35 bits per heavy atom. The van der Waals surface area contributed by atoms with Crippen LogP contribution in [0.15, 0.2) is 34.9 Å². The van der Waals surface area contributed by atoms with Crippen LogP contribution < -0.4 is 5.32 Å². The van der Waals surface area contributed by atoms with Crippen LogP contribution in [0, 0.1) is 5.82 Å². The summed E-state index contributed by atoms with van der Waals surface area (Å²) in [6.07, 6.45) is 1.70. The fourth-order valence-electron chi connectivity index (χ4n) is 1.45. The molecule has 0 bridgehead atoms. The predicted molar refractivity (Wildman–Crippen MR) is 67.9 cm³/mol. The maximum Gasteiger partial charge on any atom is 0.159 e. The molecular formula is C12H11BrFN3. The molecule has 88 valence electrons. The molecule has 0 saturated heterocycles. The van der Waals surface area contributed by atoms with Crippen molar-refractivity contribution in [3.8, 4) is 11.4 Å². The maximum atomic E-state index is 13.1. The molecular weight excluding hydrogens is 285 g/mol. The Morgan fingerprint density at radius 3 is 2.88 bits per heavy atom. The number of aromatic nitrogens is 2. The molecule has 0 unspecified atom stereocenters. The van der Waals surface area contributed by atoms with Crippen LogP contribution in [-0.4, -0.2) is 17.0 Å². The molecule has 5 heteroatoms. The number of nitrogens with one attached hydrogen (secondary N) is 1. The fraction of sp³-hybridized carbons (Fsp3) is 0.167. The maximum absolute atomic E-state index is 13.1. The Balaban J connectivity index is 2.38. The van der Waals surface area contributed by atoms with E-state index in [-0.39, 0.29) is 5.82 Å². The standard InChI is InChI=1S/C12H11BrFN3/c1-15-7-9-4-5-16-12(17-9)8-2-3-11(14)10(13)6-8/h2-6,15H,7H2,1H3. The molecule has 1 aromatic carbocycles. The Hall–Kier alpha value is -1.33. The predicted octanol–water partition coefficient (Wildman–Crippen LogP) is 2.76. The molecule has 0 spiro atoms. The second kappa shape index (κ2) is 5.33. The van der Waals surface area contributed by atoms with E-state index in [1.54, 1.807) is 18.3 Å². The van der Waals surface area contributed by atoms with Crippen LogP contribution in [-0.2, 0) is 6.54 Å². The molecule has 0 aliphatic rings. The van der Waals surface area contributed by atoms with Gasteiger partial charge in [0.1, 0.15) is 5.82 Å². The summed E-state index contributed by atoms with van der Waals surface area (Å²) in [6.45, 7) is 0.678. The summed E-state index contributed by atoms with van der Waals surface area (Å²) in [6, 6.07) is 6.58. The first-order valence-electron chi connectivity index (χ1n) is 5.12. The molecule has 0 atom stereocenters.